The van der Waals surface area contributed by atoms with Crippen LogP contribution in [-0.4, -0.2) is 69.2 Å². The van der Waals surface area contributed by atoms with Crippen molar-refractivity contribution in [1.82, 2.24) is 25.0 Å². The molecule has 0 saturated carbocycles. The predicted octanol–water partition coefficient (Wildman–Crippen LogP) is 3.82. The third-order valence-corrected chi connectivity index (χ3v) is 7.03. The molecule has 2 aliphatic rings. The molecule has 168 valence electrons. The SMILES string of the molecule is O=C(c1cc(-c2ccc(F)cc2)n[nH]1)N1CCC(N2CCC(Oc3nccs3)CC2)CC1. The number of rotatable bonds is 5. The molecule has 0 unspecified atom stereocenters. The lowest BCUT2D eigenvalue weighted by Crippen LogP contribution is -2.50. The first kappa shape index (κ1) is 21.1. The van der Waals surface area contributed by atoms with Gasteiger partial charge in [0.25, 0.3) is 11.1 Å². The van der Waals surface area contributed by atoms with Crippen LogP contribution in [0, 0.1) is 5.82 Å². The molecule has 2 aliphatic heterocycles. The molecule has 1 amide bonds. The van der Waals surface area contributed by atoms with Crippen molar-refractivity contribution in [1.29, 1.82) is 0 Å². The number of piperidine rings is 2. The molecule has 2 fully saturated rings. The van der Waals surface area contributed by atoms with Crippen molar-refractivity contribution in [2.75, 3.05) is 26.2 Å². The number of aromatic amines is 1. The minimum absolute atomic E-state index is 0.0279. The normalized spacial score (nSPS) is 18.7. The maximum absolute atomic E-state index is 13.1. The lowest BCUT2D eigenvalue weighted by molar-refractivity contribution is 0.0422. The fourth-order valence-corrected chi connectivity index (χ4v) is 5.13. The molecule has 32 heavy (non-hydrogen) atoms. The van der Waals surface area contributed by atoms with Gasteiger partial charge in [0.15, 0.2) is 0 Å². The number of carbonyl (C=O) groups is 1. The van der Waals surface area contributed by atoms with Gasteiger partial charge in [0.1, 0.15) is 17.6 Å². The molecule has 2 aromatic heterocycles. The number of aromatic nitrogens is 3. The summed E-state index contributed by atoms with van der Waals surface area (Å²) in [7, 11) is 0. The first-order chi connectivity index (χ1) is 15.7. The van der Waals surface area contributed by atoms with Gasteiger partial charge in [-0.1, -0.05) is 11.3 Å². The Labute approximate surface area is 190 Å². The first-order valence-corrected chi connectivity index (χ1v) is 11.9. The van der Waals surface area contributed by atoms with Crippen molar-refractivity contribution >= 4 is 17.2 Å². The second-order valence-corrected chi connectivity index (χ2v) is 9.21. The van der Waals surface area contributed by atoms with Gasteiger partial charge in [-0.25, -0.2) is 9.37 Å². The zero-order valence-electron chi connectivity index (χ0n) is 17.7. The van der Waals surface area contributed by atoms with Crippen molar-refractivity contribution in [2.45, 2.75) is 37.8 Å². The average Bonchev–Trinajstić information content (AvgIpc) is 3.52. The van der Waals surface area contributed by atoms with E-state index in [4.69, 9.17) is 4.74 Å². The Morgan fingerprint density at radius 2 is 1.84 bits per heavy atom. The van der Waals surface area contributed by atoms with Gasteiger partial charge in [-0.15, -0.1) is 0 Å². The Morgan fingerprint density at radius 3 is 2.53 bits per heavy atom. The zero-order chi connectivity index (χ0) is 21.9. The number of ether oxygens (including phenoxy) is 1. The summed E-state index contributed by atoms with van der Waals surface area (Å²) >= 11 is 1.54. The molecule has 0 atom stereocenters. The van der Waals surface area contributed by atoms with Crippen molar-refractivity contribution in [3.63, 3.8) is 0 Å². The standard InChI is InChI=1S/C23H26FN5O2S/c24-17-3-1-16(2-4-17)20-15-21(27-26-20)22(30)29-10-5-18(6-11-29)28-12-7-19(8-13-28)31-23-25-9-14-32-23/h1-4,9,14-15,18-19H,5-8,10-13H2,(H,26,27). The highest BCUT2D eigenvalue weighted by atomic mass is 32.1. The molecule has 5 rings (SSSR count). The second kappa shape index (κ2) is 9.38. The highest BCUT2D eigenvalue weighted by Crippen LogP contribution is 2.26. The van der Waals surface area contributed by atoms with Crippen LogP contribution in [0.5, 0.6) is 5.19 Å². The first-order valence-electron chi connectivity index (χ1n) is 11.1. The monoisotopic (exact) mass is 455 g/mol. The molecule has 7 nitrogen and oxygen atoms in total. The van der Waals surface area contributed by atoms with Gasteiger partial charge in [-0.05, 0) is 56.0 Å². The van der Waals surface area contributed by atoms with Crippen molar-refractivity contribution < 1.29 is 13.9 Å². The minimum Gasteiger partial charge on any atom is -0.467 e. The summed E-state index contributed by atoms with van der Waals surface area (Å²) in [6.45, 7) is 3.53. The number of thiazole rings is 1. The Balaban J connectivity index is 1.11. The molecule has 3 aromatic rings. The maximum atomic E-state index is 13.1. The van der Waals surface area contributed by atoms with Gasteiger partial charge in [-0.2, -0.15) is 5.10 Å². The number of amides is 1. The highest BCUT2D eigenvalue weighted by Gasteiger charge is 2.31. The van der Waals surface area contributed by atoms with Gasteiger partial charge in [0, 0.05) is 49.4 Å². The van der Waals surface area contributed by atoms with Gasteiger partial charge in [0.05, 0.1) is 5.69 Å². The molecular weight excluding hydrogens is 429 g/mol. The lowest BCUT2D eigenvalue weighted by Gasteiger charge is -2.41. The number of hydrogen-bond acceptors (Lipinski definition) is 6. The van der Waals surface area contributed by atoms with Crippen molar-refractivity contribution in [2.24, 2.45) is 0 Å². The Bertz CT molecular complexity index is 1020. The number of hydrogen-bond donors (Lipinski definition) is 1. The van der Waals surface area contributed by atoms with E-state index in [0.29, 0.717) is 17.4 Å². The van der Waals surface area contributed by atoms with Crippen LogP contribution in [0.3, 0.4) is 0 Å². The van der Waals surface area contributed by atoms with E-state index in [9.17, 15) is 9.18 Å². The summed E-state index contributed by atoms with van der Waals surface area (Å²) in [6.07, 6.45) is 6.00. The van der Waals surface area contributed by atoms with Crippen LogP contribution in [-0.2, 0) is 0 Å². The van der Waals surface area contributed by atoms with Gasteiger partial charge < -0.3 is 9.64 Å². The number of benzene rings is 1. The van der Waals surface area contributed by atoms with Crippen LogP contribution in [0.4, 0.5) is 4.39 Å². The molecule has 0 aliphatic carbocycles. The Hall–Kier alpha value is -2.78. The third-order valence-electron chi connectivity index (χ3n) is 6.37. The number of likely N-dealkylation sites (tertiary alicyclic amines) is 2. The van der Waals surface area contributed by atoms with Crippen LogP contribution in [0.25, 0.3) is 11.3 Å². The minimum atomic E-state index is -0.292. The molecule has 0 spiro atoms. The number of halogens is 1. The van der Waals surface area contributed by atoms with E-state index >= 15 is 0 Å². The van der Waals surface area contributed by atoms with Crippen LogP contribution < -0.4 is 4.74 Å². The second-order valence-electron chi connectivity index (χ2n) is 8.35. The van der Waals surface area contributed by atoms with E-state index in [-0.39, 0.29) is 17.8 Å². The number of carbonyl (C=O) groups excluding carboxylic acids is 1. The molecule has 1 aromatic carbocycles. The highest BCUT2D eigenvalue weighted by molar-refractivity contribution is 7.11. The summed E-state index contributed by atoms with van der Waals surface area (Å²) < 4.78 is 19.1. The van der Waals surface area contributed by atoms with Crippen molar-refractivity contribution in [3.8, 4) is 16.5 Å². The Kier molecular flexibility index (Phi) is 6.18. The average molecular weight is 456 g/mol. The molecular formula is C23H26FN5O2S. The van der Waals surface area contributed by atoms with Gasteiger partial charge in [-0.3, -0.25) is 14.8 Å². The van der Waals surface area contributed by atoms with E-state index in [1.54, 1.807) is 35.7 Å². The molecule has 0 radical (unpaired) electrons. The smallest absolute Gasteiger partial charge is 0.273 e. The number of nitrogens with one attached hydrogen (secondary N) is 1. The zero-order valence-corrected chi connectivity index (χ0v) is 18.6. The van der Waals surface area contributed by atoms with Gasteiger partial charge in [0.2, 0.25) is 0 Å². The van der Waals surface area contributed by atoms with Gasteiger partial charge >= 0.3 is 0 Å². The Morgan fingerprint density at radius 1 is 1.09 bits per heavy atom. The lowest BCUT2D eigenvalue weighted by atomic mass is 9.98. The number of nitrogens with zero attached hydrogens (tertiary/aromatic N) is 4. The van der Waals surface area contributed by atoms with Crippen LogP contribution in [0.2, 0.25) is 0 Å². The summed E-state index contributed by atoms with van der Waals surface area (Å²) in [5, 5.41) is 9.78. The fourth-order valence-electron chi connectivity index (χ4n) is 4.57. The topological polar surface area (TPSA) is 74.4 Å². The van der Waals surface area contributed by atoms with Crippen LogP contribution in [0.1, 0.15) is 36.2 Å². The molecule has 1 N–H and O–H groups in total. The third kappa shape index (κ3) is 4.68. The molecule has 2 saturated heterocycles. The fraction of sp³-hybridized carbons (Fsp3) is 0.435. The van der Waals surface area contributed by atoms with E-state index in [2.05, 4.69) is 20.1 Å². The predicted molar refractivity (Wildman–Crippen MR) is 120 cm³/mol. The molecule has 9 heteroatoms. The van der Waals surface area contributed by atoms with Crippen LogP contribution >= 0.6 is 11.3 Å². The summed E-state index contributed by atoms with van der Waals surface area (Å²) in [4.78, 5) is 21.6. The maximum Gasteiger partial charge on any atom is 0.273 e. The summed E-state index contributed by atoms with van der Waals surface area (Å²) in [6, 6.07) is 8.37. The summed E-state index contributed by atoms with van der Waals surface area (Å²) in [5.41, 5.74) is 1.90. The number of H-pyrrole nitrogens is 1. The quantitative estimate of drug-likeness (QED) is 0.633. The van der Waals surface area contributed by atoms with E-state index in [1.807, 2.05) is 10.3 Å². The van der Waals surface area contributed by atoms with Crippen LogP contribution in [0.15, 0.2) is 41.9 Å². The van der Waals surface area contributed by atoms with E-state index < -0.39 is 0 Å². The van der Waals surface area contributed by atoms with E-state index in [0.717, 1.165) is 62.6 Å². The van der Waals surface area contributed by atoms with E-state index in [1.165, 1.54) is 12.1 Å². The molecule has 4 heterocycles. The largest absolute Gasteiger partial charge is 0.467 e. The summed E-state index contributed by atoms with van der Waals surface area (Å²) in [5.74, 6) is -0.320. The molecule has 0 bridgehead atoms. The van der Waals surface area contributed by atoms with Crippen molar-refractivity contribution in [3.05, 3.63) is 53.4 Å².